The molecule has 0 saturated carbocycles. The Morgan fingerprint density at radius 1 is 1.10 bits per heavy atom. The van der Waals surface area contributed by atoms with Crippen LogP contribution in [0, 0.1) is 12.3 Å². The molecule has 0 saturated heterocycles. The van der Waals surface area contributed by atoms with Crippen molar-refractivity contribution in [3.63, 3.8) is 0 Å². The van der Waals surface area contributed by atoms with Gasteiger partial charge < -0.3 is 0 Å². The minimum Gasteiger partial charge on any atom is -0.287 e. The molecule has 0 aliphatic carbocycles. The van der Waals surface area contributed by atoms with E-state index in [1.807, 2.05) is 0 Å². The molecule has 0 rings (SSSR count). The van der Waals surface area contributed by atoms with Gasteiger partial charge in [-0.15, -0.1) is 6.42 Å². The Balaban J connectivity index is 3.96. The number of phosphoric acid groups is 1. The summed E-state index contributed by atoms with van der Waals surface area (Å²) in [5.74, 6) is 1.90. The molecule has 0 fully saturated rings. The highest BCUT2D eigenvalue weighted by molar-refractivity contribution is 7.86. The monoisotopic (exact) mass is 328 g/mol. The summed E-state index contributed by atoms with van der Waals surface area (Å²) >= 11 is 0. The molecule has 0 radical (unpaired) electrons. The molecule has 0 aromatic rings. The molecular formula is C11H21O7PS. The van der Waals surface area contributed by atoms with Crippen LogP contribution in [0.2, 0.25) is 0 Å². The lowest BCUT2D eigenvalue weighted by molar-refractivity contribution is 0.120. The Labute approximate surface area is 120 Å². The van der Waals surface area contributed by atoms with Crippen LogP contribution in [0.4, 0.5) is 0 Å². The lowest BCUT2D eigenvalue weighted by atomic mass is 10.4. The summed E-state index contributed by atoms with van der Waals surface area (Å²) < 4.78 is 53.8. The quantitative estimate of drug-likeness (QED) is 0.234. The SMILES string of the molecule is C#CCOS(=O)(=O)CCCCOP(=O)(OCC)OCC. The normalized spacial score (nSPS) is 12.2. The van der Waals surface area contributed by atoms with Crippen LogP contribution in [0.3, 0.4) is 0 Å². The van der Waals surface area contributed by atoms with E-state index in [1.165, 1.54) is 0 Å². The van der Waals surface area contributed by atoms with Crippen molar-refractivity contribution >= 4 is 17.9 Å². The zero-order valence-electron chi connectivity index (χ0n) is 11.7. The molecule has 20 heavy (non-hydrogen) atoms. The smallest absolute Gasteiger partial charge is 0.287 e. The van der Waals surface area contributed by atoms with Crippen LogP contribution in [0.1, 0.15) is 26.7 Å². The minimum atomic E-state index is -3.61. The fourth-order valence-corrected chi connectivity index (χ4v) is 3.30. The lowest BCUT2D eigenvalue weighted by Gasteiger charge is -2.16. The summed E-state index contributed by atoms with van der Waals surface area (Å²) in [6, 6.07) is 0. The van der Waals surface area contributed by atoms with Crippen LogP contribution in [-0.4, -0.2) is 40.6 Å². The molecule has 7 nitrogen and oxygen atoms in total. The first-order valence-corrected chi connectivity index (χ1v) is 9.27. The Bertz CT molecular complexity index is 430. The van der Waals surface area contributed by atoms with Gasteiger partial charge in [-0.1, -0.05) is 5.92 Å². The number of phosphoric ester groups is 1. The Hall–Kier alpha value is -0.420. The van der Waals surface area contributed by atoms with Crippen LogP contribution >= 0.6 is 7.82 Å². The highest BCUT2D eigenvalue weighted by atomic mass is 32.2. The van der Waals surface area contributed by atoms with Gasteiger partial charge in [-0.25, -0.2) is 4.57 Å². The predicted octanol–water partition coefficient (Wildman–Crippen LogP) is 1.94. The van der Waals surface area contributed by atoms with Crippen molar-refractivity contribution in [2.75, 3.05) is 32.2 Å². The van der Waals surface area contributed by atoms with E-state index in [-0.39, 0.29) is 32.2 Å². The second-order valence-electron chi connectivity index (χ2n) is 3.55. The summed E-state index contributed by atoms with van der Waals surface area (Å²) in [4.78, 5) is 0. The number of hydrogen-bond donors (Lipinski definition) is 0. The first-order valence-electron chi connectivity index (χ1n) is 6.23. The van der Waals surface area contributed by atoms with Gasteiger partial charge in [-0.3, -0.25) is 17.8 Å². The Morgan fingerprint density at radius 3 is 2.20 bits per heavy atom. The first kappa shape index (κ1) is 19.6. The van der Waals surface area contributed by atoms with Gasteiger partial charge >= 0.3 is 7.82 Å². The van der Waals surface area contributed by atoms with Crippen LogP contribution in [0.15, 0.2) is 0 Å². The Morgan fingerprint density at radius 2 is 1.70 bits per heavy atom. The average Bonchev–Trinajstić information content (AvgIpc) is 2.36. The van der Waals surface area contributed by atoms with E-state index in [2.05, 4.69) is 10.1 Å². The van der Waals surface area contributed by atoms with Gasteiger partial charge in [0.2, 0.25) is 0 Å². The van der Waals surface area contributed by atoms with Crippen LogP contribution in [-0.2, 0) is 32.4 Å². The van der Waals surface area contributed by atoms with Crippen molar-refractivity contribution in [1.29, 1.82) is 0 Å². The van der Waals surface area contributed by atoms with Gasteiger partial charge in [0.05, 0.1) is 25.6 Å². The molecule has 0 atom stereocenters. The van der Waals surface area contributed by atoms with Crippen molar-refractivity contribution in [3.8, 4) is 12.3 Å². The van der Waals surface area contributed by atoms with Gasteiger partial charge in [0.15, 0.2) is 0 Å². The molecule has 0 N–H and O–H groups in total. The number of terminal acetylenes is 1. The molecule has 0 bridgehead atoms. The molecule has 0 unspecified atom stereocenters. The van der Waals surface area contributed by atoms with Gasteiger partial charge in [-0.2, -0.15) is 8.42 Å². The summed E-state index contributed by atoms with van der Waals surface area (Å²) in [5, 5.41) is 0. The third-order valence-electron chi connectivity index (χ3n) is 1.93. The predicted molar refractivity (Wildman–Crippen MR) is 74.6 cm³/mol. The molecule has 0 heterocycles. The standard InChI is InChI=1S/C11H21O7PS/c1-4-9-18-20(13,14)11-8-7-10-17-19(12,15-5-2)16-6-3/h1H,5-11H2,2-3H3. The third kappa shape index (κ3) is 9.48. The molecule has 0 aliphatic heterocycles. The van der Waals surface area contributed by atoms with Crippen LogP contribution in [0.5, 0.6) is 0 Å². The number of hydrogen-bond acceptors (Lipinski definition) is 7. The van der Waals surface area contributed by atoms with E-state index in [9.17, 15) is 13.0 Å². The highest BCUT2D eigenvalue weighted by Crippen LogP contribution is 2.49. The van der Waals surface area contributed by atoms with Gasteiger partial charge in [-0.05, 0) is 26.7 Å². The second-order valence-corrected chi connectivity index (χ2v) is 6.98. The van der Waals surface area contributed by atoms with E-state index in [0.29, 0.717) is 12.8 Å². The highest BCUT2D eigenvalue weighted by Gasteiger charge is 2.24. The zero-order valence-corrected chi connectivity index (χ0v) is 13.5. The summed E-state index contributed by atoms with van der Waals surface area (Å²) in [6.07, 6.45) is 5.57. The summed E-state index contributed by atoms with van der Waals surface area (Å²) in [5.41, 5.74) is 0. The maximum absolute atomic E-state index is 11.9. The van der Waals surface area contributed by atoms with Crippen LogP contribution < -0.4 is 0 Å². The second kappa shape index (κ2) is 10.3. The van der Waals surface area contributed by atoms with Crippen LogP contribution in [0.25, 0.3) is 0 Å². The maximum Gasteiger partial charge on any atom is 0.474 e. The topological polar surface area (TPSA) is 88.1 Å². The van der Waals surface area contributed by atoms with Gasteiger partial charge in [0.25, 0.3) is 10.1 Å². The molecular weight excluding hydrogens is 307 g/mol. The number of rotatable bonds is 12. The van der Waals surface area contributed by atoms with Crippen molar-refractivity contribution in [2.45, 2.75) is 26.7 Å². The fraction of sp³-hybridized carbons (Fsp3) is 0.818. The number of unbranched alkanes of at least 4 members (excludes halogenated alkanes) is 1. The van der Waals surface area contributed by atoms with E-state index in [1.54, 1.807) is 13.8 Å². The third-order valence-corrected chi connectivity index (χ3v) is 4.85. The van der Waals surface area contributed by atoms with Crippen molar-refractivity contribution < 1.29 is 30.7 Å². The average molecular weight is 328 g/mol. The molecule has 0 aliphatic rings. The van der Waals surface area contributed by atoms with E-state index in [4.69, 9.17) is 20.0 Å². The lowest BCUT2D eigenvalue weighted by Crippen LogP contribution is -2.11. The van der Waals surface area contributed by atoms with Crippen molar-refractivity contribution in [3.05, 3.63) is 0 Å². The van der Waals surface area contributed by atoms with Gasteiger partial charge in [0.1, 0.15) is 6.61 Å². The minimum absolute atomic E-state index is 0.0714. The Kier molecular flexibility index (Phi) is 10.1. The van der Waals surface area contributed by atoms with Crippen molar-refractivity contribution in [2.24, 2.45) is 0 Å². The molecule has 0 spiro atoms. The first-order chi connectivity index (χ1) is 9.39. The largest absolute Gasteiger partial charge is 0.474 e. The molecule has 118 valence electrons. The van der Waals surface area contributed by atoms with Crippen molar-refractivity contribution in [1.82, 2.24) is 0 Å². The summed E-state index contributed by atoms with van der Waals surface area (Å²) in [6.45, 7) is 3.54. The molecule has 9 heteroatoms. The molecule has 0 aromatic carbocycles. The van der Waals surface area contributed by atoms with E-state index >= 15 is 0 Å². The fourth-order valence-electron chi connectivity index (χ4n) is 1.17. The molecule has 0 amide bonds. The molecule has 0 aromatic heterocycles. The van der Waals surface area contributed by atoms with Gasteiger partial charge in [0, 0.05) is 0 Å². The van der Waals surface area contributed by atoms with E-state index < -0.39 is 17.9 Å². The zero-order chi connectivity index (χ0) is 15.5. The summed E-state index contributed by atoms with van der Waals surface area (Å²) in [7, 11) is -7.13. The van der Waals surface area contributed by atoms with E-state index in [0.717, 1.165) is 0 Å². The maximum atomic E-state index is 11.9.